The van der Waals surface area contributed by atoms with Crippen LogP contribution in [0.5, 0.6) is 0 Å². The first-order valence-electron chi connectivity index (χ1n) is 5.06. The summed E-state index contributed by atoms with van der Waals surface area (Å²) in [5.74, 6) is 0. The van der Waals surface area contributed by atoms with Gasteiger partial charge in [-0.15, -0.1) is 0 Å². The van der Waals surface area contributed by atoms with E-state index in [4.69, 9.17) is 10.5 Å². The summed E-state index contributed by atoms with van der Waals surface area (Å²) in [5.41, 5.74) is 5.42. The highest BCUT2D eigenvalue weighted by atomic mass is 16.5. The molecule has 14 heavy (non-hydrogen) atoms. The third-order valence-corrected chi connectivity index (χ3v) is 2.56. The number of carbonyl (C=O) groups excluding carboxylic acids is 1. The zero-order chi connectivity index (χ0) is 10.4. The van der Waals surface area contributed by atoms with Gasteiger partial charge in [0.25, 0.3) is 0 Å². The Morgan fingerprint density at radius 2 is 2.14 bits per heavy atom. The van der Waals surface area contributed by atoms with Crippen LogP contribution in [-0.2, 0) is 4.74 Å². The monoisotopic (exact) mass is 201 g/mol. The number of amides is 2. The molecule has 0 radical (unpaired) electrons. The van der Waals surface area contributed by atoms with Crippen molar-refractivity contribution in [2.45, 2.75) is 25.3 Å². The molecule has 0 aromatic rings. The lowest BCUT2D eigenvalue weighted by molar-refractivity contribution is 0.0455. The summed E-state index contributed by atoms with van der Waals surface area (Å²) in [6.07, 6.45) is 1.58. The first-order chi connectivity index (χ1) is 6.72. The Morgan fingerprint density at radius 1 is 1.50 bits per heavy atom. The highest BCUT2D eigenvalue weighted by molar-refractivity contribution is 5.74. The van der Waals surface area contributed by atoms with Gasteiger partial charge in [-0.05, 0) is 19.8 Å². The molecule has 0 atom stereocenters. The van der Waals surface area contributed by atoms with Gasteiger partial charge in [0.05, 0.1) is 5.54 Å². The second-order valence-electron chi connectivity index (χ2n) is 3.58. The van der Waals surface area contributed by atoms with E-state index >= 15 is 0 Å². The van der Waals surface area contributed by atoms with E-state index in [2.05, 4.69) is 10.6 Å². The van der Waals surface area contributed by atoms with Crippen LogP contribution in [0.25, 0.3) is 0 Å². The van der Waals surface area contributed by atoms with Crippen LogP contribution < -0.4 is 16.4 Å². The molecule has 5 nitrogen and oxygen atoms in total. The number of urea groups is 1. The molecule has 2 amide bonds. The van der Waals surface area contributed by atoms with Gasteiger partial charge in [0.1, 0.15) is 0 Å². The van der Waals surface area contributed by atoms with Crippen LogP contribution in [0.3, 0.4) is 0 Å². The van der Waals surface area contributed by atoms with Crippen molar-refractivity contribution < 1.29 is 9.53 Å². The second-order valence-corrected chi connectivity index (χ2v) is 3.58. The smallest absolute Gasteiger partial charge is 0.315 e. The van der Waals surface area contributed by atoms with Crippen LogP contribution in [0.2, 0.25) is 0 Å². The van der Waals surface area contributed by atoms with Gasteiger partial charge in [0, 0.05) is 26.3 Å². The molecule has 5 heteroatoms. The minimum absolute atomic E-state index is 0.139. The molecule has 0 aromatic carbocycles. The maximum absolute atomic E-state index is 11.4. The molecular weight excluding hydrogens is 182 g/mol. The maximum Gasteiger partial charge on any atom is 0.315 e. The van der Waals surface area contributed by atoms with Gasteiger partial charge in [-0.1, -0.05) is 0 Å². The van der Waals surface area contributed by atoms with E-state index in [0.717, 1.165) is 12.8 Å². The van der Waals surface area contributed by atoms with Crippen LogP contribution in [0.15, 0.2) is 0 Å². The molecule has 1 heterocycles. The molecule has 1 fully saturated rings. The molecule has 0 spiro atoms. The fourth-order valence-electron chi connectivity index (χ4n) is 1.59. The minimum atomic E-state index is -0.266. The van der Waals surface area contributed by atoms with Crippen LogP contribution in [0, 0.1) is 0 Å². The molecule has 1 aliphatic heterocycles. The number of nitrogens with one attached hydrogen (secondary N) is 2. The average Bonchev–Trinajstić information content (AvgIpc) is 2.19. The molecule has 82 valence electrons. The van der Waals surface area contributed by atoms with Crippen molar-refractivity contribution in [3.05, 3.63) is 0 Å². The highest BCUT2D eigenvalue weighted by Crippen LogP contribution is 2.18. The Bertz CT molecular complexity index is 190. The molecule has 0 saturated carbocycles. The van der Waals surface area contributed by atoms with E-state index in [1.54, 1.807) is 0 Å². The van der Waals surface area contributed by atoms with Gasteiger partial charge in [-0.2, -0.15) is 0 Å². The van der Waals surface area contributed by atoms with E-state index in [-0.39, 0.29) is 11.6 Å². The van der Waals surface area contributed by atoms with E-state index in [9.17, 15) is 4.79 Å². The number of rotatable bonds is 3. The molecule has 1 saturated heterocycles. The molecule has 1 aliphatic rings. The SMILES string of the molecule is CCNC(=O)NC1(CN)CCOCC1. The lowest BCUT2D eigenvalue weighted by Gasteiger charge is -2.36. The van der Waals surface area contributed by atoms with Crippen LogP contribution in [0.4, 0.5) is 4.79 Å². The second kappa shape index (κ2) is 5.17. The molecule has 1 rings (SSSR count). The summed E-state index contributed by atoms with van der Waals surface area (Å²) < 4.78 is 5.24. The largest absolute Gasteiger partial charge is 0.381 e. The van der Waals surface area contributed by atoms with E-state index in [0.29, 0.717) is 26.3 Å². The Kier molecular flexibility index (Phi) is 4.16. The summed E-state index contributed by atoms with van der Waals surface area (Å²) in [6.45, 7) is 4.32. The van der Waals surface area contributed by atoms with Gasteiger partial charge >= 0.3 is 6.03 Å². The summed E-state index contributed by atoms with van der Waals surface area (Å²) in [5, 5.41) is 5.63. The van der Waals surface area contributed by atoms with Gasteiger partial charge in [-0.25, -0.2) is 4.79 Å². The lowest BCUT2D eigenvalue weighted by Crippen LogP contribution is -2.58. The molecule has 0 bridgehead atoms. The zero-order valence-corrected chi connectivity index (χ0v) is 8.64. The van der Waals surface area contributed by atoms with Gasteiger partial charge in [0.15, 0.2) is 0 Å². The van der Waals surface area contributed by atoms with Gasteiger partial charge in [-0.3, -0.25) is 0 Å². The summed E-state index contributed by atoms with van der Waals surface area (Å²) >= 11 is 0. The fraction of sp³-hybridized carbons (Fsp3) is 0.889. The number of ether oxygens (including phenoxy) is 1. The van der Waals surface area contributed by atoms with Crippen LogP contribution in [-0.4, -0.2) is 37.9 Å². The topological polar surface area (TPSA) is 76.4 Å². The fourth-order valence-corrected chi connectivity index (χ4v) is 1.59. The molecule has 4 N–H and O–H groups in total. The van der Waals surface area contributed by atoms with Crippen molar-refractivity contribution in [1.29, 1.82) is 0 Å². The van der Waals surface area contributed by atoms with Crippen molar-refractivity contribution in [1.82, 2.24) is 10.6 Å². The van der Waals surface area contributed by atoms with Crippen molar-refractivity contribution in [3.63, 3.8) is 0 Å². The Balaban J connectivity index is 2.47. The van der Waals surface area contributed by atoms with E-state index in [1.807, 2.05) is 6.92 Å². The van der Waals surface area contributed by atoms with Crippen LogP contribution in [0.1, 0.15) is 19.8 Å². The Morgan fingerprint density at radius 3 is 2.64 bits per heavy atom. The van der Waals surface area contributed by atoms with Crippen LogP contribution >= 0.6 is 0 Å². The highest BCUT2D eigenvalue weighted by Gasteiger charge is 2.32. The predicted octanol–water partition coefficient (Wildman–Crippen LogP) is -0.187. The molecule has 0 aromatic heterocycles. The van der Waals surface area contributed by atoms with Gasteiger partial charge in [0.2, 0.25) is 0 Å². The number of hydrogen-bond donors (Lipinski definition) is 3. The number of carbonyl (C=O) groups is 1. The maximum atomic E-state index is 11.4. The van der Waals surface area contributed by atoms with E-state index < -0.39 is 0 Å². The lowest BCUT2D eigenvalue weighted by atomic mass is 9.90. The molecular formula is C9H19N3O2. The standard InChI is InChI=1S/C9H19N3O2/c1-2-11-8(13)12-9(7-10)3-5-14-6-4-9/h2-7,10H2,1H3,(H2,11,12,13). The molecule has 0 aliphatic carbocycles. The minimum Gasteiger partial charge on any atom is -0.381 e. The Hall–Kier alpha value is -0.810. The zero-order valence-electron chi connectivity index (χ0n) is 8.64. The normalized spacial score (nSPS) is 20.1. The first-order valence-corrected chi connectivity index (χ1v) is 5.06. The summed E-state index contributed by atoms with van der Waals surface area (Å²) in [7, 11) is 0. The van der Waals surface area contributed by atoms with Crippen molar-refractivity contribution in [3.8, 4) is 0 Å². The van der Waals surface area contributed by atoms with E-state index in [1.165, 1.54) is 0 Å². The first kappa shape index (κ1) is 11.3. The van der Waals surface area contributed by atoms with Crippen molar-refractivity contribution in [2.75, 3.05) is 26.3 Å². The van der Waals surface area contributed by atoms with Crippen molar-refractivity contribution in [2.24, 2.45) is 5.73 Å². The quantitative estimate of drug-likeness (QED) is 0.592. The third-order valence-electron chi connectivity index (χ3n) is 2.56. The third kappa shape index (κ3) is 2.85. The van der Waals surface area contributed by atoms with Gasteiger partial charge < -0.3 is 21.1 Å². The predicted molar refractivity (Wildman–Crippen MR) is 54.0 cm³/mol. The van der Waals surface area contributed by atoms with Crippen molar-refractivity contribution >= 4 is 6.03 Å². The Labute approximate surface area is 84.4 Å². The number of nitrogens with two attached hydrogens (primary N) is 1. The summed E-state index contributed by atoms with van der Waals surface area (Å²) in [4.78, 5) is 11.4. The molecule has 0 unspecified atom stereocenters. The summed E-state index contributed by atoms with van der Waals surface area (Å²) in [6, 6.07) is -0.139. The average molecular weight is 201 g/mol. The number of hydrogen-bond acceptors (Lipinski definition) is 3.